The highest BCUT2D eigenvalue weighted by Gasteiger charge is 2.11. The zero-order chi connectivity index (χ0) is 15.8. The van der Waals surface area contributed by atoms with E-state index in [4.69, 9.17) is 15.2 Å². The van der Waals surface area contributed by atoms with Crippen molar-refractivity contribution in [1.29, 1.82) is 0 Å². The quantitative estimate of drug-likeness (QED) is 0.814. The maximum atomic E-state index is 5.76. The SMILES string of the molecule is COc1ccc(CN(CCN)Cc2ccccc2)c(OC)c1. The van der Waals surface area contributed by atoms with Crippen LogP contribution < -0.4 is 15.2 Å². The lowest BCUT2D eigenvalue weighted by Crippen LogP contribution is -2.28. The zero-order valence-electron chi connectivity index (χ0n) is 13.3. The van der Waals surface area contributed by atoms with Gasteiger partial charge in [-0.25, -0.2) is 0 Å². The van der Waals surface area contributed by atoms with E-state index in [1.165, 1.54) is 5.56 Å². The van der Waals surface area contributed by atoms with Gasteiger partial charge in [0.1, 0.15) is 11.5 Å². The molecule has 0 bridgehead atoms. The minimum Gasteiger partial charge on any atom is -0.497 e. The fraction of sp³-hybridized carbons (Fsp3) is 0.333. The maximum absolute atomic E-state index is 5.76. The van der Waals surface area contributed by atoms with Crippen molar-refractivity contribution < 1.29 is 9.47 Å². The molecule has 0 aliphatic carbocycles. The van der Waals surface area contributed by atoms with Gasteiger partial charge in [0.05, 0.1) is 14.2 Å². The first-order valence-electron chi connectivity index (χ1n) is 7.44. The van der Waals surface area contributed by atoms with Crippen molar-refractivity contribution in [1.82, 2.24) is 4.90 Å². The summed E-state index contributed by atoms with van der Waals surface area (Å²) in [6.45, 7) is 3.13. The predicted molar refractivity (Wildman–Crippen MR) is 89.2 cm³/mol. The van der Waals surface area contributed by atoms with Gasteiger partial charge in [-0.1, -0.05) is 36.4 Å². The molecule has 0 amide bonds. The molecule has 2 N–H and O–H groups in total. The Morgan fingerprint density at radius 1 is 0.955 bits per heavy atom. The molecule has 118 valence electrons. The topological polar surface area (TPSA) is 47.7 Å². The standard InChI is InChI=1S/C18H24N2O2/c1-21-17-9-8-16(18(12-17)22-2)14-20(11-10-19)13-15-6-4-3-5-7-15/h3-9,12H,10-11,13-14,19H2,1-2H3. The highest BCUT2D eigenvalue weighted by Crippen LogP contribution is 2.26. The summed E-state index contributed by atoms with van der Waals surface area (Å²) in [7, 11) is 3.34. The summed E-state index contributed by atoms with van der Waals surface area (Å²) in [5, 5.41) is 0. The number of rotatable bonds is 8. The Morgan fingerprint density at radius 2 is 1.73 bits per heavy atom. The number of hydrogen-bond donors (Lipinski definition) is 1. The van der Waals surface area contributed by atoms with Gasteiger partial charge in [0.15, 0.2) is 0 Å². The molecule has 4 heteroatoms. The van der Waals surface area contributed by atoms with Gasteiger partial charge >= 0.3 is 0 Å². The van der Waals surface area contributed by atoms with Crippen LogP contribution in [-0.2, 0) is 13.1 Å². The monoisotopic (exact) mass is 300 g/mol. The molecule has 2 rings (SSSR count). The molecule has 0 aromatic heterocycles. The first kappa shape index (κ1) is 16.3. The van der Waals surface area contributed by atoms with E-state index in [9.17, 15) is 0 Å². The molecule has 4 nitrogen and oxygen atoms in total. The number of hydrogen-bond acceptors (Lipinski definition) is 4. The van der Waals surface area contributed by atoms with Crippen LogP contribution >= 0.6 is 0 Å². The Bertz CT molecular complexity index is 573. The second-order valence-corrected chi connectivity index (χ2v) is 5.16. The third-order valence-corrected chi connectivity index (χ3v) is 3.58. The Labute approximate surface area is 132 Å². The summed E-state index contributed by atoms with van der Waals surface area (Å²) in [6, 6.07) is 16.3. The molecule has 2 aromatic rings. The summed E-state index contributed by atoms with van der Waals surface area (Å²) in [4.78, 5) is 2.32. The molecular formula is C18H24N2O2. The van der Waals surface area contributed by atoms with Crippen LogP contribution in [-0.4, -0.2) is 32.2 Å². The molecule has 22 heavy (non-hydrogen) atoms. The summed E-state index contributed by atoms with van der Waals surface area (Å²) in [5.41, 5.74) is 8.17. The minimum atomic E-state index is 0.630. The van der Waals surface area contributed by atoms with Gasteiger partial charge in [-0.2, -0.15) is 0 Å². The van der Waals surface area contributed by atoms with Crippen molar-refractivity contribution in [3.63, 3.8) is 0 Å². The van der Waals surface area contributed by atoms with Crippen molar-refractivity contribution in [2.45, 2.75) is 13.1 Å². The number of nitrogens with zero attached hydrogens (tertiary/aromatic N) is 1. The van der Waals surface area contributed by atoms with E-state index in [1.54, 1.807) is 14.2 Å². The molecule has 0 spiro atoms. The van der Waals surface area contributed by atoms with Crippen molar-refractivity contribution >= 4 is 0 Å². The second kappa shape index (κ2) is 8.41. The largest absolute Gasteiger partial charge is 0.497 e. The smallest absolute Gasteiger partial charge is 0.127 e. The van der Waals surface area contributed by atoms with E-state index in [0.717, 1.165) is 36.7 Å². The first-order chi connectivity index (χ1) is 10.8. The van der Waals surface area contributed by atoms with Gasteiger partial charge in [0.25, 0.3) is 0 Å². The van der Waals surface area contributed by atoms with Crippen molar-refractivity contribution in [3.8, 4) is 11.5 Å². The molecule has 0 unspecified atom stereocenters. The molecule has 0 saturated heterocycles. The molecule has 0 aliphatic heterocycles. The molecule has 0 heterocycles. The maximum Gasteiger partial charge on any atom is 0.127 e. The lowest BCUT2D eigenvalue weighted by molar-refractivity contribution is 0.259. The van der Waals surface area contributed by atoms with Crippen LogP contribution in [0.4, 0.5) is 0 Å². The molecule has 0 atom stereocenters. The van der Waals surface area contributed by atoms with Crippen molar-refractivity contribution in [3.05, 3.63) is 59.7 Å². The highest BCUT2D eigenvalue weighted by molar-refractivity contribution is 5.40. The minimum absolute atomic E-state index is 0.630. The molecule has 0 radical (unpaired) electrons. The lowest BCUT2D eigenvalue weighted by atomic mass is 10.1. The lowest BCUT2D eigenvalue weighted by Gasteiger charge is -2.23. The Hall–Kier alpha value is -2.04. The predicted octanol–water partition coefficient (Wildman–Crippen LogP) is 2.66. The molecule has 0 aliphatic rings. The fourth-order valence-corrected chi connectivity index (χ4v) is 2.46. The summed E-state index contributed by atoms with van der Waals surface area (Å²) < 4.78 is 10.7. The molecular weight excluding hydrogens is 276 g/mol. The normalized spacial score (nSPS) is 10.7. The summed E-state index contributed by atoms with van der Waals surface area (Å²) in [6.07, 6.45) is 0. The van der Waals surface area contributed by atoms with Crippen LogP contribution in [0.15, 0.2) is 48.5 Å². The number of benzene rings is 2. The number of nitrogens with two attached hydrogens (primary N) is 1. The Morgan fingerprint density at radius 3 is 2.36 bits per heavy atom. The average molecular weight is 300 g/mol. The number of methoxy groups -OCH3 is 2. The summed E-state index contributed by atoms with van der Waals surface area (Å²) >= 11 is 0. The van der Waals surface area contributed by atoms with Crippen LogP contribution in [0.1, 0.15) is 11.1 Å². The Balaban J connectivity index is 2.13. The third kappa shape index (κ3) is 4.48. The van der Waals surface area contributed by atoms with Crippen LogP contribution in [0.5, 0.6) is 11.5 Å². The van der Waals surface area contributed by atoms with E-state index in [2.05, 4.69) is 29.2 Å². The van der Waals surface area contributed by atoms with Crippen molar-refractivity contribution in [2.24, 2.45) is 5.73 Å². The average Bonchev–Trinajstić information content (AvgIpc) is 2.56. The second-order valence-electron chi connectivity index (χ2n) is 5.16. The molecule has 2 aromatic carbocycles. The third-order valence-electron chi connectivity index (χ3n) is 3.58. The van der Waals surface area contributed by atoms with E-state index >= 15 is 0 Å². The van der Waals surface area contributed by atoms with Crippen molar-refractivity contribution in [2.75, 3.05) is 27.3 Å². The van der Waals surface area contributed by atoms with Gasteiger partial charge < -0.3 is 15.2 Å². The van der Waals surface area contributed by atoms with E-state index in [1.807, 2.05) is 24.3 Å². The van der Waals surface area contributed by atoms with Gasteiger partial charge in [0.2, 0.25) is 0 Å². The molecule has 0 fully saturated rings. The van der Waals surface area contributed by atoms with Gasteiger partial charge in [-0.3, -0.25) is 4.90 Å². The fourth-order valence-electron chi connectivity index (χ4n) is 2.46. The van der Waals surface area contributed by atoms with Crippen LogP contribution in [0, 0.1) is 0 Å². The molecule has 0 saturated carbocycles. The highest BCUT2D eigenvalue weighted by atomic mass is 16.5. The van der Waals surface area contributed by atoms with Gasteiger partial charge in [0, 0.05) is 37.8 Å². The van der Waals surface area contributed by atoms with Gasteiger partial charge in [-0.15, -0.1) is 0 Å². The number of ether oxygens (including phenoxy) is 2. The van der Waals surface area contributed by atoms with Gasteiger partial charge in [-0.05, 0) is 11.6 Å². The first-order valence-corrected chi connectivity index (χ1v) is 7.44. The van der Waals surface area contributed by atoms with Crippen LogP contribution in [0.25, 0.3) is 0 Å². The van der Waals surface area contributed by atoms with E-state index in [-0.39, 0.29) is 0 Å². The summed E-state index contributed by atoms with van der Waals surface area (Å²) in [5.74, 6) is 1.64. The van der Waals surface area contributed by atoms with Crippen LogP contribution in [0.2, 0.25) is 0 Å². The van der Waals surface area contributed by atoms with E-state index in [0.29, 0.717) is 6.54 Å². The zero-order valence-corrected chi connectivity index (χ0v) is 13.3. The Kier molecular flexibility index (Phi) is 6.25. The van der Waals surface area contributed by atoms with E-state index < -0.39 is 0 Å². The van der Waals surface area contributed by atoms with Crippen LogP contribution in [0.3, 0.4) is 0 Å².